The molecule has 2 aromatic heterocycles. The van der Waals surface area contributed by atoms with Gasteiger partial charge in [-0.1, -0.05) is 0 Å². The number of nitro groups is 1. The molecule has 2 aromatic rings. The molecule has 7 nitrogen and oxygen atoms in total. The predicted molar refractivity (Wildman–Crippen MR) is 77.3 cm³/mol. The Labute approximate surface area is 118 Å². The number of thiophene rings is 1. The van der Waals surface area contributed by atoms with Crippen LogP contribution in [-0.2, 0) is 0 Å². The van der Waals surface area contributed by atoms with E-state index in [4.69, 9.17) is 0 Å². The maximum absolute atomic E-state index is 12.2. The summed E-state index contributed by atoms with van der Waals surface area (Å²) in [6, 6.07) is 2.97. The van der Waals surface area contributed by atoms with Crippen LogP contribution in [0.3, 0.4) is 0 Å². The minimum atomic E-state index is -0.579. The standard InChI is InChI=1S/C12H12N4O3S/c1-2-13-11-10(5-9(6-14-11)16(18)19)12(17)15-8-3-4-20-7-8/h3-7H,2H2,1H3,(H,13,14)(H,15,17). The maximum Gasteiger partial charge on any atom is 0.288 e. The molecule has 20 heavy (non-hydrogen) atoms. The molecule has 0 aliphatic heterocycles. The van der Waals surface area contributed by atoms with Gasteiger partial charge in [-0.05, 0) is 18.4 Å². The largest absolute Gasteiger partial charge is 0.370 e. The van der Waals surface area contributed by atoms with Crippen LogP contribution in [0, 0.1) is 10.1 Å². The zero-order valence-electron chi connectivity index (χ0n) is 10.6. The van der Waals surface area contributed by atoms with E-state index in [1.54, 1.807) is 11.4 Å². The number of pyridine rings is 1. The Kier molecular flexibility index (Phi) is 4.26. The van der Waals surface area contributed by atoms with E-state index in [1.165, 1.54) is 17.4 Å². The summed E-state index contributed by atoms with van der Waals surface area (Å²) in [5.41, 5.74) is 0.573. The van der Waals surface area contributed by atoms with E-state index in [1.807, 2.05) is 12.3 Å². The van der Waals surface area contributed by atoms with Gasteiger partial charge in [0, 0.05) is 18.0 Å². The van der Waals surface area contributed by atoms with Crippen LogP contribution in [0.4, 0.5) is 17.2 Å². The first-order valence-electron chi connectivity index (χ1n) is 5.83. The van der Waals surface area contributed by atoms with E-state index in [0.717, 1.165) is 6.20 Å². The molecule has 0 aliphatic rings. The number of carbonyl (C=O) groups is 1. The van der Waals surface area contributed by atoms with Crippen molar-refractivity contribution in [2.24, 2.45) is 0 Å². The molecule has 0 radical (unpaired) electrons. The SMILES string of the molecule is CCNc1ncc([N+](=O)[O-])cc1C(=O)Nc1ccsc1. The van der Waals surface area contributed by atoms with E-state index in [2.05, 4.69) is 15.6 Å². The van der Waals surface area contributed by atoms with Crippen molar-refractivity contribution in [1.82, 2.24) is 4.98 Å². The van der Waals surface area contributed by atoms with Gasteiger partial charge in [0.05, 0.1) is 16.2 Å². The Bertz CT molecular complexity index is 628. The number of carbonyl (C=O) groups excluding carboxylic acids is 1. The average Bonchev–Trinajstić information content (AvgIpc) is 2.92. The second kappa shape index (κ2) is 6.11. The summed E-state index contributed by atoms with van der Waals surface area (Å²) in [5, 5.41) is 20.0. The number of amides is 1. The topological polar surface area (TPSA) is 97.2 Å². The fourth-order valence-corrected chi connectivity index (χ4v) is 2.16. The summed E-state index contributed by atoms with van der Waals surface area (Å²) in [5.74, 6) is -0.110. The van der Waals surface area contributed by atoms with E-state index < -0.39 is 10.8 Å². The van der Waals surface area contributed by atoms with E-state index in [-0.39, 0.29) is 11.3 Å². The van der Waals surface area contributed by atoms with Crippen molar-refractivity contribution in [3.63, 3.8) is 0 Å². The smallest absolute Gasteiger partial charge is 0.288 e. The van der Waals surface area contributed by atoms with Gasteiger partial charge in [0.25, 0.3) is 11.6 Å². The molecule has 0 aliphatic carbocycles. The number of anilines is 2. The summed E-state index contributed by atoms with van der Waals surface area (Å²) >= 11 is 1.45. The molecule has 0 fully saturated rings. The summed E-state index contributed by atoms with van der Waals surface area (Å²) in [4.78, 5) is 26.3. The molecule has 0 bridgehead atoms. The molecular formula is C12H12N4O3S. The minimum absolute atomic E-state index is 0.146. The Balaban J connectivity index is 2.33. The van der Waals surface area contributed by atoms with Gasteiger partial charge in [-0.3, -0.25) is 14.9 Å². The lowest BCUT2D eigenvalue weighted by Gasteiger charge is -2.09. The lowest BCUT2D eigenvalue weighted by molar-refractivity contribution is -0.385. The van der Waals surface area contributed by atoms with Crippen molar-refractivity contribution in [2.45, 2.75) is 6.92 Å². The van der Waals surface area contributed by atoms with Gasteiger partial charge < -0.3 is 10.6 Å². The Morgan fingerprint density at radius 1 is 1.55 bits per heavy atom. The van der Waals surface area contributed by atoms with Gasteiger partial charge in [0.15, 0.2) is 0 Å². The number of rotatable bonds is 5. The third-order valence-corrected chi connectivity index (χ3v) is 3.14. The normalized spacial score (nSPS) is 10.1. The van der Waals surface area contributed by atoms with Gasteiger partial charge in [0.2, 0.25) is 0 Å². The van der Waals surface area contributed by atoms with E-state index >= 15 is 0 Å². The van der Waals surface area contributed by atoms with Gasteiger partial charge in [-0.15, -0.1) is 0 Å². The van der Waals surface area contributed by atoms with Crippen LogP contribution in [0.15, 0.2) is 29.1 Å². The highest BCUT2D eigenvalue weighted by atomic mass is 32.1. The van der Waals surface area contributed by atoms with E-state index in [0.29, 0.717) is 18.1 Å². The Morgan fingerprint density at radius 2 is 2.35 bits per heavy atom. The lowest BCUT2D eigenvalue weighted by Crippen LogP contribution is -2.16. The average molecular weight is 292 g/mol. The predicted octanol–water partition coefficient (Wildman–Crippen LogP) is 2.74. The lowest BCUT2D eigenvalue weighted by atomic mass is 10.2. The molecule has 0 saturated heterocycles. The molecule has 104 valence electrons. The molecule has 0 unspecified atom stereocenters. The molecule has 0 saturated carbocycles. The summed E-state index contributed by atoms with van der Waals surface area (Å²) in [7, 11) is 0. The number of nitrogens with one attached hydrogen (secondary N) is 2. The molecule has 2 rings (SSSR count). The van der Waals surface area contributed by atoms with Crippen LogP contribution < -0.4 is 10.6 Å². The third-order valence-electron chi connectivity index (χ3n) is 2.45. The van der Waals surface area contributed by atoms with E-state index in [9.17, 15) is 14.9 Å². The van der Waals surface area contributed by atoms with Crippen molar-refractivity contribution in [1.29, 1.82) is 0 Å². The molecule has 8 heteroatoms. The van der Waals surface area contributed by atoms with Gasteiger partial charge in [0.1, 0.15) is 12.0 Å². The van der Waals surface area contributed by atoms with Crippen LogP contribution in [0.2, 0.25) is 0 Å². The Hall–Kier alpha value is -2.48. The van der Waals surface area contributed by atoms with Crippen LogP contribution >= 0.6 is 11.3 Å². The van der Waals surface area contributed by atoms with Gasteiger partial charge in [-0.25, -0.2) is 4.98 Å². The first-order chi connectivity index (χ1) is 9.61. The molecule has 2 heterocycles. The monoisotopic (exact) mass is 292 g/mol. The fraction of sp³-hybridized carbons (Fsp3) is 0.167. The molecule has 0 atom stereocenters. The van der Waals surface area contributed by atoms with Crippen LogP contribution in [-0.4, -0.2) is 22.4 Å². The third kappa shape index (κ3) is 3.09. The first-order valence-corrected chi connectivity index (χ1v) is 6.78. The Morgan fingerprint density at radius 3 is 2.95 bits per heavy atom. The second-order valence-corrected chi connectivity index (χ2v) is 4.62. The van der Waals surface area contributed by atoms with Crippen LogP contribution in [0.5, 0.6) is 0 Å². The van der Waals surface area contributed by atoms with Crippen molar-refractivity contribution < 1.29 is 9.72 Å². The van der Waals surface area contributed by atoms with Crippen LogP contribution in [0.25, 0.3) is 0 Å². The molecule has 1 amide bonds. The maximum atomic E-state index is 12.2. The van der Waals surface area contributed by atoms with Crippen LogP contribution in [0.1, 0.15) is 17.3 Å². The zero-order chi connectivity index (χ0) is 14.5. The van der Waals surface area contributed by atoms with Crippen molar-refractivity contribution in [3.05, 3.63) is 44.8 Å². The quantitative estimate of drug-likeness (QED) is 0.652. The molecule has 2 N–H and O–H groups in total. The number of aromatic nitrogens is 1. The second-order valence-electron chi connectivity index (χ2n) is 3.84. The van der Waals surface area contributed by atoms with Crippen molar-refractivity contribution in [3.8, 4) is 0 Å². The zero-order valence-corrected chi connectivity index (χ0v) is 11.4. The number of hydrogen-bond acceptors (Lipinski definition) is 6. The minimum Gasteiger partial charge on any atom is -0.370 e. The molecule has 0 aromatic carbocycles. The summed E-state index contributed by atoms with van der Waals surface area (Å²) < 4.78 is 0. The van der Waals surface area contributed by atoms with Gasteiger partial charge in [-0.2, -0.15) is 11.3 Å². The first kappa shape index (κ1) is 13.9. The summed E-state index contributed by atoms with van der Waals surface area (Å²) in [6.45, 7) is 2.41. The fourth-order valence-electron chi connectivity index (χ4n) is 1.57. The van der Waals surface area contributed by atoms with Crippen molar-refractivity contribution >= 4 is 34.4 Å². The highest BCUT2D eigenvalue weighted by Crippen LogP contribution is 2.21. The number of nitrogens with zero attached hydrogens (tertiary/aromatic N) is 2. The summed E-state index contributed by atoms with van der Waals surface area (Å²) in [6.07, 6.45) is 1.12. The highest BCUT2D eigenvalue weighted by Gasteiger charge is 2.18. The number of hydrogen-bond donors (Lipinski definition) is 2. The molecular weight excluding hydrogens is 280 g/mol. The van der Waals surface area contributed by atoms with Gasteiger partial charge >= 0.3 is 0 Å². The molecule has 0 spiro atoms. The van der Waals surface area contributed by atoms with Crippen molar-refractivity contribution in [2.75, 3.05) is 17.2 Å². The highest BCUT2D eigenvalue weighted by molar-refractivity contribution is 7.08.